The van der Waals surface area contributed by atoms with E-state index in [1.54, 1.807) is 29.2 Å². The lowest BCUT2D eigenvalue weighted by molar-refractivity contribution is 0.0994. The van der Waals surface area contributed by atoms with Gasteiger partial charge in [0, 0.05) is 28.2 Å². The summed E-state index contributed by atoms with van der Waals surface area (Å²) in [5, 5.41) is 2.85. The molecule has 2 amide bonds. The van der Waals surface area contributed by atoms with E-state index in [2.05, 4.69) is 5.32 Å². The molecular formula is C26H20N2O2. The van der Waals surface area contributed by atoms with Crippen LogP contribution in [0.3, 0.4) is 0 Å². The zero-order valence-electron chi connectivity index (χ0n) is 16.2. The van der Waals surface area contributed by atoms with Crippen LogP contribution >= 0.6 is 0 Å². The standard InChI is InChI=1S/C26H20N2O2/c29-25(27-22-10-4-1-5-11-22)20-16-18-21(19-17-20)26(30)28(23-12-6-2-7-13-23)24-14-8-3-9-15-24/h1-19H,(H,27,29). The predicted octanol–water partition coefficient (Wildman–Crippen LogP) is 5.92. The van der Waals surface area contributed by atoms with Crippen molar-refractivity contribution < 1.29 is 9.59 Å². The first-order chi connectivity index (χ1) is 14.7. The van der Waals surface area contributed by atoms with Crippen molar-refractivity contribution >= 4 is 28.9 Å². The molecule has 30 heavy (non-hydrogen) atoms. The lowest BCUT2D eigenvalue weighted by atomic mass is 10.1. The molecule has 0 aromatic heterocycles. The van der Waals surface area contributed by atoms with E-state index < -0.39 is 0 Å². The van der Waals surface area contributed by atoms with Crippen LogP contribution in [-0.2, 0) is 0 Å². The van der Waals surface area contributed by atoms with Crippen LogP contribution in [-0.4, -0.2) is 11.8 Å². The summed E-state index contributed by atoms with van der Waals surface area (Å²) in [7, 11) is 0. The maximum atomic E-state index is 13.3. The number of hydrogen-bond donors (Lipinski definition) is 1. The highest BCUT2D eigenvalue weighted by Gasteiger charge is 2.20. The van der Waals surface area contributed by atoms with Crippen molar-refractivity contribution in [1.82, 2.24) is 0 Å². The average Bonchev–Trinajstić information content (AvgIpc) is 2.81. The maximum Gasteiger partial charge on any atom is 0.262 e. The molecule has 0 unspecified atom stereocenters. The van der Waals surface area contributed by atoms with E-state index in [0.29, 0.717) is 11.1 Å². The predicted molar refractivity (Wildman–Crippen MR) is 120 cm³/mol. The first-order valence-corrected chi connectivity index (χ1v) is 9.63. The monoisotopic (exact) mass is 392 g/mol. The number of carbonyl (C=O) groups is 2. The molecule has 0 radical (unpaired) electrons. The highest BCUT2D eigenvalue weighted by Crippen LogP contribution is 2.27. The van der Waals surface area contributed by atoms with Crippen LogP contribution in [0, 0.1) is 0 Å². The van der Waals surface area contributed by atoms with E-state index in [0.717, 1.165) is 17.1 Å². The van der Waals surface area contributed by atoms with Gasteiger partial charge in [0.15, 0.2) is 0 Å². The van der Waals surface area contributed by atoms with E-state index in [-0.39, 0.29) is 11.8 Å². The second-order valence-corrected chi connectivity index (χ2v) is 6.71. The molecule has 0 bridgehead atoms. The first-order valence-electron chi connectivity index (χ1n) is 9.63. The Morgan fingerprint density at radius 2 is 0.967 bits per heavy atom. The van der Waals surface area contributed by atoms with Crippen LogP contribution in [0.15, 0.2) is 115 Å². The Hall–Kier alpha value is -4.18. The summed E-state index contributed by atoms with van der Waals surface area (Å²) in [6, 6.07) is 35.0. The van der Waals surface area contributed by atoms with Gasteiger partial charge in [0.2, 0.25) is 0 Å². The smallest absolute Gasteiger partial charge is 0.262 e. The van der Waals surface area contributed by atoms with Gasteiger partial charge in [0.25, 0.3) is 11.8 Å². The molecule has 4 aromatic carbocycles. The Morgan fingerprint density at radius 3 is 1.47 bits per heavy atom. The van der Waals surface area contributed by atoms with E-state index in [1.165, 1.54) is 0 Å². The van der Waals surface area contributed by atoms with Crippen LogP contribution in [0.2, 0.25) is 0 Å². The highest BCUT2D eigenvalue weighted by molar-refractivity contribution is 6.11. The second kappa shape index (κ2) is 8.88. The summed E-state index contributed by atoms with van der Waals surface area (Å²) < 4.78 is 0. The molecule has 4 aromatic rings. The Balaban J connectivity index is 1.59. The van der Waals surface area contributed by atoms with Gasteiger partial charge in [-0.2, -0.15) is 0 Å². The van der Waals surface area contributed by atoms with Gasteiger partial charge in [-0.1, -0.05) is 54.6 Å². The molecular weight excluding hydrogens is 372 g/mol. The number of nitrogens with one attached hydrogen (secondary N) is 1. The largest absolute Gasteiger partial charge is 0.322 e. The number of anilines is 3. The van der Waals surface area contributed by atoms with Gasteiger partial charge in [-0.05, 0) is 60.7 Å². The van der Waals surface area contributed by atoms with Gasteiger partial charge in [0.05, 0.1) is 0 Å². The van der Waals surface area contributed by atoms with Crippen molar-refractivity contribution in [3.8, 4) is 0 Å². The molecule has 4 rings (SSSR count). The zero-order valence-corrected chi connectivity index (χ0v) is 16.2. The summed E-state index contributed by atoms with van der Waals surface area (Å²) in [6.45, 7) is 0. The third kappa shape index (κ3) is 4.28. The third-order valence-electron chi connectivity index (χ3n) is 4.66. The number of benzene rings is 4. The molecule has 0 atom stereocenters. The molecule has 0 aliphatic rings. The van der Waals surface area contributed by atoms with Crippen molar-refractivity contribution in [3.63, 3.8) is 0 Å². The number of rotatable bonds is 5. The van der Waals surface area contributed by atoms with Crippen molar-refractivity contribution in [3.05, 3.63) is 126 Å². The summed E-state index contributed by atoms with van der Waals surface area (Å²) in [6.07, 6.45) is 0. The van der Waals surface area contributed by atoms with Crippen molar-refractivity contribution in [2.24, 2.45) is 0 Å². The zero-order chi connectivity index (χ0) is 20.8. The lowest BCUT2D eigenvalue weighted by Crippen LogP contribution is -2.26. The average molecular weight is 392 g/mol. The van der Waals surface area contributed by atoms with Gasteiger partial charge >= 0.3 is 0 Å². The molecule has 0 saturated carbocycles. The van der Waals surface area contributed by atoms with Crippen molar-refractivity contribution in [2.75, 3.05) is 10.2 Å². The molecule has 0 aliphatic heterocycles. The topological polar surface area (TPSA) is 49.4 Å². The van der Waals surface area contributed by atoms with Crippen LogP contribution in [0.5, 0.6) is 0 Å². The molecule has 146 valence electrons. The van der Waals surface area contributed by atoms with Crippen molar-refractivity contribution in [1.29, 1.82) is 0 Å². The summed E-state index contributed by atoms with van der Waals surface area (Å²) in [5.41, 5.74) is 3.27. The maximum absolute atomic E-state index is 13.3. The summed E-state index contributed by atoms with van der Waals surface area (Å²) in [4.78, 5) is 27.5. The molecule has 4 nitrogen and oxygen atoms in total. The van der Waals surface area contributed by atoms with Crippen LogP contribution in [0.1, 0.15) is 20.7 Å². The van der Waals surface area contributed by atoms with E-state index in [1.807, 2.05) is 91.0 Å². The Morgan fingerprint density at radius 1 is 0.533 bits per heavy atom. The molecule has 4 heteroatoms. The minimum Gasteiger partial charge on any atom is -0.322 e. The molecule has 0 saturated heterocycles. The lowest BCUT2D eigenvalue weighted by Gasteiger charge is -2.23. The van der Waals surface area contributed by atoms with Crippen molar-refractivity contribution in [2.45, 2.75) is 0 Å². The van der Waals surface area contributed by atoms with Gasteiger partial charge < -0.3 is 5.32 Å². The minimum atomic E-state index is -0.219. The molecule has 0 aliphatic carbocycles. The Kier molecular flexibility index (Phi) is 5.67. The fraction of sp³-hybridized carbons (Fsp3) is 0. The Labute approximate surface area is 175 Å². The van der Waals surface area contributed by atoms with Gasteiger partial charge in [-0.25, -0.2) is 0 Å². The SMILES string of the molecule is O=C(Nc1ccccc1)c1ccc(C(=O)N(c2ccccc2)c2ccccc2)cc1. The number of para-hydroxylation sites is 3. The first kappa shape index (κ1) is 19.2. The fourth-order valence-electron chi connectivity index (χ4n) is 3.16. The van der Waals surface area contributed by atoms with Crippen LogP contribution in [0.4, 0.5) is 17.1 Å². The van der Waals surface area contributed by atoms with Gasteiger partial charge in [-0.15, -0.1) is 0 Å². The highest BCUT2D eigenvalue weighted by atomic mass is 16.2. The van der Waals surface area contributed by atoms with Gasteiger partial charge in [-0.3, -0.25) is 14.5 Å². The quantitative estimate of drug-likeness (QED) is 0.458. The number of nitrogens with zero attached hydrogens (tertiary/aromatic N) is 1. The van der Waals surface area contributed by atoms with Crippen LogP contribution < -0.4 is 10.2 Å². The molecule has 0 spiro atoms. The van der Waals surface area contributed by atoms with E-state index in [9.17, 15) is 9.59 Å². The minimum absolute atomic E-state index is 0.164. The van der Waals surface area contributed by atoms with Gasteiger partial charge in [0.1, 0.15) is 0 Å². The van der Waals surface area contributed by atoms with Crippen LogP contribution in [0.25, 0.3) is 0 Å². The molecule has 0 fully saturated rings. The number of carbonyl (C=O) groups excluding carboxylic acids is 2. The fourth-order valence-corrected chi connectivity index (χ4v) is 3.16. The molecule has 0 heterocycles. The normalized spacial score (nSPS) is 10.3. The number of amides is 2. The van der Waals surface area contributed by atoms with E-state index >= 15 is 0 Å². The summed E-state index contributed by atoms with van der Waals surface area (Å²) >= 11 is 0. The third-order valence-corrected chi connectivity index (χ3v) is 4.66. The molecule has 1 N–H and O–H groups in total. The number of hydrogen-bond acceptors (Lipinski definition) is 2. The Bertz CT molecular complexity index is 1090. The van der Waals surface area contributed by atoms with E-state index in [4.69, 9.17) is 0 Å². The second-order valence-electron chi connectivity index (χ2n) is 6.71. The summed E-state index contributed by atoms with van der Waals surface area (Å²) in [5.74, 6) is -0.384.